The number of hydrogen-bond acceptors (Lipinski definition) is 5. The van der Waals surface area contributed by atoms with E-state index in [1.54, 1.807) is 6.92 Å². The number of thiazole rings is 1. The predicted molar refractivity (Wildman–Crippen MR) is 122 cm³/mol. The second kappa shape index (κ2) is 10.7. The lowest BCUT2D eigenvalue weighted by Crippen LogP contribution is -2.38. The molecular weight excluding hydrogens is 418 g/mol. The van der Waals surface area contributed by atoms with Gasteiger partial charge >= 0.3 is 4.87 Å². The molecule has 6 nitrogen and oxygen atoms in total. The van der Waals surface area contributed by atoms with Gasteiger partial charge in [0.05, 0.1) is 0 Å². The van der Waals surface area contributed by atoms with E-state index in [2.05, 4.69) is 39.3 Å². The van der Waals surface area contributed by atoms with E-state index in [-0.39, 0.29) is 21.7 Å². The first-order valence-electron chi connectivity index (χ1n) is 9.94. The first-order valence-corrected chi connectivity index (χ1v) is 12.2. The lowest BCUT2D eigenvalue weighted by atomic mass is 9.99. The van der Waals surface area contributed by atoms with Crippen LogP contribution in [0.5, 0.6) is 0 Å². The zero-order chi connectivity index (χ0) is 21.4. The van der Waals surface area contributed by atoms with Crippen LogP contribution < -0.4 is 14.9 Å². The highest BCUT2D eigenvalue weighted by Crippen LogP contribution is 2.15. The third-order valence-corrected chi connectivity index (χ3v) is 7.89. The van der Waals surface area contributed by atoms with Crippen molar-refractivity contribution in [2.45, 2.75) is 36.4 Å². The Balaban J connectivity index is 1.55. The van der Waals surface area contributed by atoms with Crippen LogP contribution >= 0.6 is 11.3 Å². The van der Waals surface area contributed by atoms with E-state index in [9.17, 15) is 13.2 Å². The molecule has 0 saturated heterocycles. The summed E-state index contributed by atoms with van der Waals surface area (Å²) in [6, 6.07) is 20.8. The number of aryl methyl sites for hydroxylation is 2. The largest absolute Gasteiger partial charge is 0.315 e. The second-order valence-electron chi connectivity index (χ2n) is 7.19. The molecular formula is C22H27N3O3S2. The topological polar surface area (TPSA) is 91.1 Å². The van der Waals surface area contributed by atoms with Crippen LogP contribution in [-0.4, -0.2) is 32.5 Å². The number of aromatic nitrogens is 1. The van der Waals surface area contributed by atoms with Crippen LogP contribution in [0.3, 0.4) is 0 Å². The molecule has 30 heavy (non-hydrogen) atoms. The molecule has 160 valence electrons. The molecule has 0 aliphatic carbocycles. The minimum absolute atomic E-state index is 0.0532. The highest BCUT2D eigenvalue weighted by atomic mass is 32.2. The standard InChI is InChI=1S/C22H27N3O3S2/c1-17-21(29-22(26)25-17)30(27,28)24-15-14-23-20(16-19-10-6-3-7-11-19)13-12-18-8-4-2-5-9-18/h2-11,20,23-24H,12-16H2,1H3,(H,25,26). The maximum atomic E-state index is 12.4. The van der Waals surface area contributed by atoms with E-state index in [4.69, 9.17) is 0 Å². The summed E-state index contributed by atoms with van der Waals surface area (Å²) in [5.41, 5.74) is 2.91. The van der Waals surface area contributed by atoms with Crippen molar-refractivity contribution >= 4 is 21.4 Å². The Morgan fingerprint density at radius 3 is 2.20 bits per heavy atom. The van der Waals surface area contributed by atoms with Gasteiger partial charge in [0.2, 0.25) is 0 Å². The maximum Gasteiger partial charge on any atom is 0.305 e. The van der Waals surface area contributed by atoms with Crippen LogP contribution in [0.15, 0.2) is 69.7 Å². The SMILES string of the molecule is Cc1[nH]c(=O)sc1S(=O)(=O)NCCNC(CCc1ccccc1)Cc1ccccc1. The van der Waals surface area contributed by atoms with E-state index in [1.165, 1.54) is 11.1 Å². The molecule has 0 aliphatic rings. The number of sulfonamides is 1. The number of hydrogen-bond donors (Lipinski definition) is 3. The Labute approximate surface area is 181 Å². The molecule has 0 spiro atoms. The molecule has 3 N–H and O–H groups in total. The normalized spacial score (nSPS) is 12.7. The molecule has 3 rings (SSSR count). The first-order chi connectivity index (χ1) is 14.4. The van der Waals surface area contributed by atoms with Gasteiger partial charge in [-0.25, -0.2) is 13.1 Å². The summed E-state index contributed by atoms with van der Waals surface area (Å²) in [4.78, 5) is 13.5. The maximum absolute atomic E-state index is 12.4. The Morgan fingerprint density at radius 1 is 0.967 bits per heavy atom. The van der Waals surface area contributed by atoms with Crippen molar-refractivity contribution in [3.05, 3.63) is 87.2 Å². The molecule has 2 aromatic carbocycles. The summed E-state index contributed by atoms with van der Waals surface area (Å²) >= 11 is 0.711. The molecule has 0 saturated carbocycles. The number of aromatic amines is 1. The van der Waals surface area contributed by atoms with Gasteiger partial charge in [-0.1, -0.05) is 72.0 Å². The van der Waals surface area contributed by atoms with Gasteiger partial charge in [-0.15, -0.1) is 0 Å². The first kappa shape index (κ1) is 22.4. The van der Waals surface area contributed by atoms with Gasteiger partial charge in [0.15, 0.2) is 4.21 Å². The Kier molecular flexibility index (Phi) is 7.98. The van der Waals surface area contributed by atoms with Crippen molar-refractivity contribution in [2.75, 3.05) is 13.1 Å². The fourth-order valence-electron chi connectivity index (χ4n) is 3.33. The molecule has 0 aliphatic heterocycles. The Hall–Kier alpha value is -2.26. The molecule has 0 bridgehead atoms. The van der Waals surface area contributed by atoms with Crippen molar-refractivity contribution in [2.24, 2.45) is 0 Å². The lowest BCUT2D eigenvalue weighted by molar-refractivity contribution is 0.478. The highest BCUT2D eigenvalue weighted by molar-refractivity contribution is 7.91. The fraction of sp³-hybridized carbons (Fsp3) is 0.318. The summed E-state index contributed by atoms with van der Waals surface area (Å²) in [7, 11) is -3.68. The zero-order valence-corrected chi connectivity index (χ0v) is 18.6. The van der Waals surface area contributed by atoms with Crippen LogP contribution in [0, 0.1) is 6.92 Å². The summed E-state index contributed by atoms with van der Waals surface area (Å²) < 4.78 is 27.5. The molecule has 1 heterocycles. The fourth-order valence-corrected chi connectivity index (χ4v) is 5.71. The van der Waals surface area contributed by atoms with Gasteiger partial charge in [-0.2, -0.15) is 0 Å². The smallest absolute Gasteiger partial charge is 0.305 e. The average Bonchev–Trinajstić information content (AvgIpc) is 3.09. The molecule has 0 radical (unpaired) electrons. The van der Waals surface area contributed by atoms with E-state index >= 15 is 0 Å². The Morgan fingerprint density at radius 2 is 1.60 bits per heavy atom. The van der Waals surface area contributed by atoms with E-state index in [0.717, 1.165) is 19.3 Å². The predicted octanol–water partition coefficient (Wildman–Crippen LogP) is 2.86. The lowest BCUT2D eigenvalue weighted by Gasteiger charge is -2.19. The van der Waals surface area contributed by atoms with Crippen molar-refractivity contribution < 1.29 is 8.42 Å². The van der Waals surface area contributed by atoms with Gasteiger partial charge < -0.3 is 10.3 Å². The Bertz CT molecular complexity index is 1080. The third kappa shape index (κ3) is 6.63. The van der Waals surface area contributed by atoms with E-state index in [1.807, 2.05) is 36.4 Å². The van der Waals surface area contributed by atoms with Gasteiger partial charge in [-0.05, 0) is 37.3 Å². The quantitative estimate of drug-likeness (QED) is 0.396. The monoisotopic (exact) mass is 445 g/mol. The number of benzene rings is 2. The number of H-pyrrole nitrogens is 1. The van der Waals surface area contributed by atoms with Crippen LogP contribution in [-0.2, 0) is 22.9 Å². The summed E-state index contributed by atoms with van der Waals surface area (Å²) in [5.74, 6) is 0. The van der Waals surface area contributed by atoms with Gasteiger partial charge in [0, 0.05) is 24.8 Å². The molecule has 1 atom stereocenters. The minimum atomic E-state index is -3.68. The van der Waals surface area contributed by atoms with Crippen molar-refractivity contribution in [1.29, 1.82) is 0 Å². The van der Waals surface area contributed by atoms with E-state index in [0.29, 0.717) is 23.6 Å². The van der Waals surface area contributed by atoms with Crippen molar-refractivity contribution in [3.63, 3.8) is 0 Å². The van der Waals surface area contributed by atoms with Crippen molar-refractivity contribution in [1.82, 2.24) is 15.0 Å². The van der Waals surface area contributed by atoms with Crippen LogP contribution in [0.2, 0.25) is 0 Å². The van der Waals surface area contributed by atoms with Gasteiger partial charge in [-0.3, -0.25) is 4.79 Å². The second-order valence-corrected chi connectivity index (χ2v) is 10.1. The summed E-state index contributed by atoms with van der Waals surface area (Å²) in [5, 5.41) is 3.49. The molecule has 0 fully saturated rings. The molecule has 8 heteroatoms. The minimum Gasteiger partial charge on any atom is -0.315 e. The van der Waals surface area contributed by atoms with Crippen LogP contribution in [0.4, 0.5) is 0 Å². The van der Waals surface area contributed by atoms with Gasteiger partial charge in [0.1, 0.15) is 0 Å². The molecule has 0 amide bonds. The van der Waals surface area contributed by atoms with E-state index < -0.39 is 10.0 Å². The average molecular weight is 446 g/mol. The summed E-state index contributed by atoms with van der Waals surface area (Å²) in [6.45, 7) is 2.35. The zero-order valence-electron chi connectivity index (χ0n) is 16.9. The molecule has 1 unspecified atom stereocenters. The highest BCUT2D eigenvalue weighted by Gasteiger charge is 2.20. The number of rotatable bonds is 11. The molecule has 1 aromatic heterocycles. The summed E-state index contributed by atoms with van der Waals surface area (Å²) in [6.07, 6.45) is 2.77. The third-order valence-electron chi connectivity index (χ3n) is 4.82. The van der Waals surface area contributed by atoms with Crippen LogP contribution in [0.1, 0.15) is 23.2 Å². The van der Waals surface area contributed by atoms with Crippen LogP contribution in [0.25, 0.3) is 0 Å². The molecule has 3 aromatic rings. The van der Waals surface area contributed by atoms with Gasteiger partial charge in [0.25, 0.3) is 10.0 Å². The number of nitrogens with one attached hydrogen (secondary N) is 3. The van der Waals surface area contributed by atoms with Crippen molar-refractivity contribution in [3.8, 4) is 0 Å².